The number of rotatable bonds is 6. The normalized spacial score (nSPS) is 14.9. The van der Waals surface area contributed by atoms with Crippen molar-refractivity contribution in [3.63, 3.8) is 0 Å². The van der Waals surface area contributed by atoms with E-state index in [1.165, 1.54) is 5.56 Å². The van der Waals surface area contributed by atoms with Crippen LogP contribution < -0.4 is 5.73 Å². The number of nitrogens with two attached hydrogens (primary N) is 1. The molecule has 2 nitrogen and oxygen atoms in total. The summed E-state index contributed by atoms with van der Waals surface area (Å²) < 4.78 is 0. The van der Waals surface area contributed by atoms with Gasteiger partial charge in [0.1, 0.15) is 5.60 Å². The Kier molecular flexibility index (Phi) is 5.16. The van der Waals surface area contributed by atoms with Crippen LogP contribution in [0, 0.1) is 5.92 Å². The average Bonchev–Trinajstić information content (AvgIpc) is 2.28. The Bertz CT molecular complexity index is 349. The summed E-state index contributed by atoms with van der Waals surface area (Å²) in [6.45, 7) is 6.76. The molecule has 1 unspecified atom stereocenters. The Labute approximate surface area is 105 Å². The van der Waals surface area contributed by atoms with Crippen molar-refractivity contribution in [3.8, 4) is 0 Å². The second-order valence-electron chi connectivity index (χ2n) is 5.28. The first-order chi connectivity index (χ1) is 8.01. The first-order valence-electron chi connectivity index (χ1n) is 6.53. The lowest BCUT2D eigenvalue weighted by Gasteiger charge is -2.27. The van der Waals surface area contributed by atoms with Gasteiger partial charge >= 0.3 is 0 Å². The zero-order valence-corrected chi connectivity index (χ0v) is 11.2. The Morgan fingerprint density at radius 2 is 2.06 bits per heavy atom. The molecule has 0 saturated carbocycles. The van der Waals surface area contributed by atoms with Gasteiger partial charge in [-0.05, 0) is 29.9 Å². The Morgan fingerprint density at radius 3 is 2.59 bits per heavy atom. The molecule has 0 bridgehead atoms. The molecule has 0 saturated heterocycles. The van der Waals surface area contributed by atoms with Crippen LogP contribution in [0.2, 0.25) is 0 Å². The Hall–Kier alpha value is -0.860. The molecule has 3 N–H and O–H groups in total. The van der Waals surface area contributed by atoms with Gasteiger partial charge in [-0.25, -0.2) is 0 Å². The summed E-state index contributed by atoms with van der Waals surface area (Å²) in [5, 5.41) is 10.5. The van der Waals surface area contributed by atoms with Crippen LogP contribution in [0.15, 0.2) is 24.3 Å². The lowest BCUT2D eigenvalue weighted by atomic mass is 9.87. The Morgan fingerprint density at radius 1 is 1.35 bits per heavy atom. The van der Waals surface area contributed by atoms with Crippen LogP contribution in [-0.2, 0) is 12.0 Å². The third-order valence-corrected chi connectivity index (χ3v) is 3.11. The number of benzene rings is 1. The van der Waals surface area contributed by atoms with Gasteiger partial charge in [0.15, 0.2) is 0 Å². The molecular formula is C15H25NO. The minimum Gasteiger partial charge on any atom is -0.384 e. The minimum atomic E-state index is -0.859. The third kappa shape index (κ3) is 3.83. The molecule has 17 heavy (non-hydrogen) atoms. The fraction of sp³-hybridized carbons (Fsp3) is 0.600. The highest BCUT2D eigenvalue weighted by Crippen LogP contribution is 2.26. The van der Waals surface area contributed by atoms with Crippen LogP contribution in [0.5, 0.6) is 0 Å². The molecule has 1 aromatic rings. The van der Waals surface area contributed by atoms with Gasteiger partial charge in [-0.1, -0.05) is 51.5 Å². The SMILES string of the molecule is CCCC(O)(CN)c1cccc(CC(C)C)c1. The van der Waals surface area contributed by atoms with Crippen molar-refractivity contribution < 1.29 is 5.11 Å². The van der Waals surface area contributed by atoms with Crippen molar-refractivity contribution in [2.24, 2.45) is 11.7 Å². The summed E-state index contributed by atoms with van der Waals surface area (Å²) >= 11 is 0. The molecule has 0 amide bonds. The largest absolute Gasteiger partial charge is 0.384 e. The van der Waals surface area contributed by atoms with E-state index in [1.807, 2.05) is 12.1 Å². The van der Waals surface area contributed by atoms with Gasteiger partial charge in [0.2, 0.25) is 0 Å². The zero-order valence-electron chi connectivity index (χ0n) is 11.2. The maximum absolute atomic E-state index is 10.5. The van der Waals surface area contributed by atoms with Gasteiger partial charge in [0, 0.05) is 6.54 Å². The van der Waals surface area contributed by atoms with E-state index in [9.17, 15) is 5.11 Å². The molecule has 1 rings (SSSR count). The van der Waals surface area contributed by atoms with Crippen molar-refractivity contribution in [1.82, 2.24) is 0 Å². The van der Waals surface area contributed by atoms with Gasteiger partial charge in [-0.3, -0.25) is 0 Å². The van der Waals surface area contributed by atoms with Gasteiger partial charge in [0.25, 0.3) is 0 Å². The molecular weight excluding hydrogens is 210 g/mol. The summed E-state index contributed by atoms with van der Waals surface area (Å²) in [5.41, 5.74) is 7.10. The molecule has 0 aromatic heterocycles. The molecule has 0 heterocycles. The van der Waals surface area contributed by atoms with Gasteiger partial charge < -0.3 is 10.8 Å². The van der Waals surface area contributed by atoms with E-state index >= 15 is 0 Å². The van der Waals surface area contributed by atoms with E-state index < -0.39 is 5.60 Å². The lowest BCUT2D eigenvalue weighted by Crippen LogP contribution is -2.34. The average molecular weight is 235 g/mol. The Balaban J connectivity index is 2.96. The molecule has 0 aliphatic rings. The van der Waals surface area contributed by atoms with E-state index in [4.69, 9.17) is 5.73 Å². The van der Waals surface area contributed by atoms with E-state index in [0.717, 1.165) is 18.4 Å². The quantitative estimate of drug-likeness (QED) is 0.796. The fourth-order valence-corrected chi connectivity index (χ4v) is 2.24. The van der Waals surface area contributed by atoms with Crippen molar-refractivity contribution in [2.75, 3.05) is 6.54 Å². The molecule has 2 heteroatoms. The maximum atomic E-state index is 10.5. The first kappa shape index (κ1) is 14.2. The molecule has 0 aliphatic carbocycles. The van der Waals surface area contributed by atoms with Gasteiger partial charge in [-0.15, -0.1) is 0 Å². The van der Waals surface area contributed by atoms with Crippen LogP contribution in [0.1, 0.15) is 44.7 Å². The molecule has 0 aliphatic heterocycles. The summed E-state index contributed by atoms with van der Waals surface area (Å²) in [5.74, 6) is 0.627. The highest BCUT2D eigenvalue weighted by Gasteiger charge is 2.26. The number of hydrogen-bond donors (Lipinski definition) is 2. The molecule has 1 aromatic carbocycles. The van der Waals surface area contributed by atoms with Crippen LogP contribution >= 0.6 is 0 Å². The third-order valence-electron chi connectivity index (χ3n) is 3.11. The van der Waals surface area contributed by atoms with Crippen molar-refractivity contribution in [3.05, 3.63) is 35.4 Å². The highest BCUT2D eigenvalue weighted by atomic mass is 16.3. The van der Waals surface area contributed by atoms with Crippen LogP contribution in [0.3, 0.4) is 0 Å². The van der Waals surface area contributed by atoms with Crippen molar-refractivity contribution in [1.29, 1.82) is 0 Å². The predicted octanol–water partition coefficient (Wildman–Crippen LogP) is 2.83. The predicted molar refractivity (Wildman–Crippen MR) is 72.8 cm³/mol. The molecule has 0 radical (unpaired) electrons. The molecule has 0 spiro atoms. The van der Waals surface area contributed by atoms with E-state index in [-0.39, 0.29) is 6.54 Å². The smallest absolute Gasteiger partial charge is 0.102 e. The lowest BCUT2D eigenvalue weighted by molar-refractivity contribution is 0.0358. The summed E-state index contributed by atoms with van der Waals surface area (Å²) in [4.78, 5) is 0. The number of hydrogen-bond acceptors (Lipinski definition) is 2. The topological polar surface area (TPSA) is 46.2 Å². The monoisotopic (exact) mass is 235 g/mol. The summed E-state index contributed by atoms with van der Waals surface area (Å²) in [6, 6.07) is 8.21. The van der Waals surface area contributed by atoms with Crippen molar-refractivity contribution in [2.45, 2.75) is 45.6 Å². The van der Waals surface area contributed by atoms with Gasteiger partial charge in [-0.2, -0.15) is 0 Å². The standard InChI is InChI=1S/C15H25NO/c1-4-8-15(17,11-16)14-7-5-6-13(10-14)9-12(2)3/h5-7,10,12,17H,4,8-9,11,16H2,1-3H3. The minimum absolute atomic E-state index is 0.284. The van der Waals surface area contributed by atoms with Crippen LogP contribution in [0.4, 0.5) is 0 Å². The number of aliphatic hydroxyl groups is 1. The van der Waals surface area contributed by atoms with E-state index in [1.54, 1.807) is 0 Å². The highest BCUT2D eigenvalue weighted by molar-refractivity contribution is 5.29. The molecule has 0 fully saturated rings. The van der Waals surface area contributed by atoms with Gasteiger partial charge in [0.05, 0.1) is 0 Å². The molecule has 1 atom stereocenters. The van der Waals surface area contributed by atoms with E-state index in [2.05, 4.69) is 32.9 Å². The first-order valence-corrected chi connectivity index (χ1v) is 6.53. The summed E-state index contributed by atoms with van der Waals surface area (Å²) in [6.07, 6.45) is 2.69. The second-order valence-corrected chi connectivity index (χ2v) is 5.28. The van der Waals surface area contributed by atoms with Crippen LogP contribution in [-0.4, -0.2) is 11.7 Å². The fourth-order valence-electron chi connectivity index (χ4n) is 2.24. The summed E-state index contributed by atoms with van der Waals surface area (Å²) in [7, 11) is 0. The van der Waals surface area contributed by atoms with Crippen LogP contribution in [0.25, 0.3) is 0 Å². The molecule has 96 valence electrons. The van der Waals surface area contributed by atoms with Crippen molar-refractivity contribution >= 4 is 0 Å². The van der Waals surface area contributed by atoms with E-state index in [0.29, 0.717) is 12.3 Å². The zero-order chi connectivity index (χ0) is 12.9. The second kappa shape index (κ2) is 6.18. The maximum Gasteiger partial charge on any atom is 0.102 e.